The fourth-order valence-corrected chi connectivity index (χ4v) is 3.42. The molecule has 0 saturated heterocycles. The minimum atomic E-state index is -0.519. The molecular weight excluding hydrogens is 340 g/mol. The molecule has 6 nitrogen and oxygen atoms in total. The van der Waals surface area contributed by atoms with Crippen LogP contribution in [0.3, 0.4) is 0 Å². The van der Waals surface area contributed by atoms with Crippen molar-refractivity contribution in [2.45, 2.75) is 33.2 Å². The van der Waals surface area contributed by atoms with Gasteiger partial charge in [-0.25, -0.2) is 14.3 Å². The lowest BCUT2D eigenvalue weighted by Crippen LogP contribution is -2.41. The van der Waals surface area contributed by atoms with Gasteiger partial charge >= 0.3 is 11.3 Å². The zero-order valence-corrected chi connectivity index (χ0v) is 15.4. The molecule has 4 rings (SSSR count). The normalized spacial score (nSPS) is 11.3. The number of aryl methyl sites for hydroxylation is 4. The van der Waals surface area contributed by atoms with Crippen LogP contribution >= 0.6 is 0 Å². The van der Waals surface area contributed by atoms with Crippen LogP contribution in [0.25, 0.3) is 22.2 Å². The van der Waals surface area contributed by atoms with Crippen molar-refractivity contribution >= 4 is 22.2 Å². The van der Waals surface area contributed by atoms with E-state index in [1.807, 2.05) is 42.7 Å². The summed E-state index contributed by atoms with van der Waals surface area (Å²) in [6.07, 6.45) is 1.79. The van der Waals surface area contributed by atoms with E-state index < -0.39 is 11.2 Å². The molecule has 2 heterocycles. The number of H-pyrrole nitrogens is 2. The van der Waals surface area contributed by atoms with Gasteiger partial charge in [0.25, 0.3) is 5.56 Å². The second-order valence-electron chi connectivity index (χ2n) is 6.88. The Kier molecular flexibility index (Phi) is 4.32. The fraction of sp³-hybridized carbons (Fsp3) is 0.238. The lowest BCUT2D eigenvalue weighted by atomic mass is 10.1. The van der Waals surface area contributed by atoms with Crippen LogP contribution in [-0.2, 0) is 13.0 Å². The predicted molar refractivity (Wildman–Crippen MR) is 105 cm³/mol. The first-order valence-electron chi connectivity index (χ1n) is 9.04. The van der Waals surface area contributed by atoms with Gasteiger partial charge in [-0.3, -0.25) is 9.78 Å². The number of aromatic amines is 2. The number of aromatic nitrogens is 4. The highest BCUT2D eigenvalue weighted by Crippen LogP contribution is 2.17. The molecule has 6 heteroatoms. The van der Waals surface area contributed by atoms with Crippen LogP contribution in [0, 0.1) is 13.8 Å². The Morgan fingerprint density at radius 2 is 1.74 bits per heavy atom. The third-order valence-corrected chi connectivity index (χ3v) is 4.97. The summed E-state index contributed by atoms with van der Waals surface area (Å²) in [5, 5.41) is 0. The third-order valence-electron chi connectivity index (χ3n) is 4.97. The minimum Gasteiger partial charge on any atom is -0.267 e. The Bertz CT molecular complexity index is 1260. The molecule has 0 spiro atoms. The topological polar surface area (TPSA) is 82.5 Å². The van der Waals surface area contributed by atoms with E-state index in [2.05, 4.69) is 33.2 Å². The van der Waals surface area contributed by atoms with Crippen molar-refractivity contribution in [3.05, 3.63) is 80.0 Å². The van der Waals surface area contributed by atoms with Crippen molar-refractivity contribution in [2.24, 2.45) is 0 Å². The van der Waals surface area contributed by atoms with E-state index in [4.69, 9.17) is 0 Å². The Morgan fingerprint density at radius 3 is 2.52 bits per heavy atom. The van der Waals surface area contributed by atoms with Crippen LogP contribution in [0.1, 0.15) is 23.1 Å². The van der Waals surface area contributed by atoms with Crippen LogP contribution in [0.15, 0.2) is 52.1 Å². The summed E-state index contributed by atoms with van der Waals surface area (Å²) in [6.45, 7) is 4.75. The highest BCUT2D eigenvalue weighted by Gasteiger charge is 2.19. The second-order valence-corrected chi connectivity index (χ2v) is 6.88. The Labute approximate surface area is 155 Å². The van der Waals surface area contributed by atoms with Crippen molar-refractivity contribution in [1.29, 1.82) is 0 Å². The van der Waals surface area contributed by atoms with Gasteiger partial charge in [-0.2, -0.15) is 4.98 Å². The van der Waals surface area contributed by atoms with Crippen LogP contribution in [0.4, 0.5) is 0 Å². The SMILES string of the molecule is Cc1cc2nc3c(=O)[nH]c(=O)[nH]c3[n+](CCCc3ccccc3)c2cc1C. The van der Waals surface area contributed by atoms with Crippen LogP contribution in [0.5, 0.6) is 0 Å². The molecule has 0 aliphatic rings. The lowest BCUT2D eigenvalue weighted by Gasteiger charge is -2.09. The molecule has 2 N–H and O–H groups in total. The van der Waals surface area contributed by atoms with Gasteiger partial charge in [0.2, 0.25) is 5.52 Å². The molecule has 2 aromatic carbocycles. The maximum absolute atomic E-state index is 12.3. The Morgan fingerprint density at radius 1 is 1.00 bits per heavy atom. The predicted octanol–water partition coefficient (Wildman–Crippen LogP) is 2.30. The summed E-state index contributed by atoms with van der Waals surface area (Å²) < 4.78 is 2.00. The quantitative estimate of drug-likeness (QED) is 0.432. The molecule has 0 unspecified atom stereocenters. The number of hydrogen-bond acceptors (Lipinski definition) is 3. The number of hydrogen-bond donors (Lipinski definition) is 2. The monoisotopic (exact) mass is 361 g/mol. The van der Waals surface area contributed by atoms with Crippen LogP contribution in [-0.4, -0.2) is 15.0 Å². The van der Waals surface area contributed by atoms with Crippen molar-refractivity contribution < 1.29 is 4.57 Å². The van der Waals surface area contributed by atoms with Gasteiger partial charge in [0, 0.05) is 0 Å². The van der Waals surface area contributed by atoms with E-state index in [9.17, 15) is 9.59 Å². The molecule has 4 aromatic rings. The molecule has 27 heavy (non-hydrogen) atoms. The molecule has 0 aliphatic heterocycles. The number of benzene rings is 2. The molecule has 136 valence electrons. The minimum absolute atomic E-state index is 0.255. The first-order valence-corrected chi connectivity index (χ1v) is 9.04. The van der Waals surface area contributed by atoms with E-state index in [0.717, 1.165) is 35.0 Å². The summed E-state index contributed by atoms with van der Waals surface area (Å²) in [4.78, 5) is 33.7. The van der Waals surface area contributed by atoms with Crippen LogP contribution < -0.4 is 15.8 Å². The number of fused-ring (bicyclic) bond motifs is 2. The van der Waals surface area contributed by atoms with Gasteiger partial charge in [0.05, 0.1) is 6.54 Å². The first-order chi connectivity index (χ1) is 13.0. The smallest absolute Gasteiger partial charge is 0.267 e. The van der Waals surface area contributed by atoms with E-state index in [1.165, 1.54) is 5.56 Å². The third kappa shape index (κ3) is 3.26. The average molecular weight is 361 g/mol. The highest BCUT2D eigenvalue weighted by molar-refractivity contribution is 5.80. The summed E-state index contributed by atoms with van der Waals surface area (Å²) in [5.74, 6) is 0. The molecule has 0 aliphatic carbocycles. The Hall–Kier alpha value is -3.28. The summed E-state index contributed by atoms with van der Waals surface area (Å²) >= 11 is 0. The molecule has 0 radical (unpaired) electrons. The standard InChI is InChI=1S/C21H20N4O2/c1-13-11-16-17(12-14(13)2)25(10-6-9-15-7-4-3-5-8-15)19-18(22-16)20(26)24-21(27)23-19/h3-5,7-8,11-12H,6,9-10H2,1-2H3,(H,24,26,27)/p+1. The number of nitrogens with zero attached hydrogens (tertiary/aromatic N) is 2. The molecule has 0 saturated carbocycles. The molecule has 2 aromatic heterocycles. The molecule has 0 amide bonds. The van der Waals surface area contributed by atoms with Crippen molar-refractivity contribution in [1.82, 2.24) is 15.0 Å². The maximum atomic E-state index is 12.3. The first kappa shape index (κ1) is 17.1. The zero-order chi connectivity index (χ0) is 19.0. The van der Waals surface area contributed by atoms with Crippen LogP contribution in [0.2, 0.25) is 0 Å². The van der Waals surface area contributed by atoms with E-state index in [-0.39, 0.29) is 5.52 Å². The van der Waals surface area contributed by atoms with Crippen molar-refractivity contribution in [3.63, 3.8) is 0 Å². The Balaban J connectivity index is 1.87. The fourth-order valence-electron chi connectivity index (χ4n) is 3.42. The summed E-state index contributed by atoms with van der Waals surface area (Å²) in [7, 11) is 0. The van der Waals surface area contributed by atoms with Gasteiger partial charge in [0.15, 0.2) is 5.52 Å². The van der Waals surface area contributed by atoms with Gasteiger partial charge in [-0.1, -0.05) is 30.3 Å². The van der Waals surface area contributed by atoms with Gasteiger partial charge in [-0.05, 0) is 55.5 Å². The van der Waals surface area contributed by atoms with E-state index in [0.29, 0.717) is 12.2 Å². The van der Waals surface area contributed by atoms with Crippen molar-refractivity contribution in [2.75, 3.05) is 0 Å². The largest absolute Gasteiger partial charge is 0.413 e. The van der Waals surface area contributed by atoms with Gasteiger partial charge < -0.3 is 0 Å². The number of rotatable bonds is 4. The van der Waals surface area contributed by atoms with Gasteiger partial charge in [-0.15, -0.1) is 0 Å². The molecule has 0 fully saturated rings. The highest BCUT2D eigenvalue weighted by atomic mass is 16.2. The average Bonchev–Trinajstić information content (AvgIpc) is 2.64. The zero-order valence-electron chi connectivity index (χ0n) is 15.4. The molecule has 0 atom stereocenters. The van der Waals surface area contributed by atoms with E-state index >= 15 is 0 Å². The maximum Gasteiger partial charge on any atom is 0.413 e. The molecule has 0 bridgehead atoms. The van der Waals surface area contributed by atoms with E-state index in [1.54, 1.807) is 0 Å². The second kappa shape index (κ2) is 6.79. The van der Waals surface area contributed by atoms with Crippen molar-refractivity contribution in [3.8, 4) is 0 Å². The number of nitrogens with one attached hydrogen (secondary N) is 2. The molecular formula is C21H21N4O2+. The van der Waals surface area contributed by atoms with Gasteiger partial charge in [0.1, 0.15) is 5.52 Å². The lowest BCUT2D eigenvalue weighted by molar-refractivity contribution is -0.648. The summed E-state index contributed by atoms with van der Waals surface area (Å²) in [6, 6.07) is 14.3. The summed E-state index contributed by atoms with van der Waals surface area (Å²) in [5.41, 5.74) is 4.93.